The molecular formula is C14H21Cl2NS. The van der Waals surface area contributed by atoms with E-state index in [9.17, 15) is 0 Å². The Morgan fingerprint density at radius 3 is 2.67 bits per heavy atom. The van der Waals surface area contributed by atoms with Crippen molar-refractivity contribution >= 4 is 35.0 Å². The van der Waals surface area contributed by atoms with E-state index in [4.69, 9.17) is 23.2 Å². The topological polar surface area (TPSA) is 12.0 Å². The van der Waals surface area contributed by atoms with E-state index >= 15 is 0 Å². The van der Waals surface area contributed by atoms with E-state index in [1.807, 2.05) is 30.0 Å². The van der Waals surface area contributed by atoms with Crippen LogP contribution in [0.1, 0.15) is 33.1 Å². The van der Waals surface area contributed by atoms with E-state index in [-0.39, 0.29) is 0 Å². The van der Waals surface area contributed by atoms with Gasteiger partial charge in [0, 0.05) is 16.7 Å². The van der Waals surface area contributed by atoms with Crippen molar-refractivity contribution in [3.05, 3.63) is 28.2 Å². The molecule has 0 radical (unpaired) electrons. The molecule has 1 N–H and O–H groups in total. The zero-order chi connectivity index (χ0) is 13.4. The summed E-state index contributed by atoms with van der Waals surface area (Å²) in [5, 5.41) is 5.26. The summed E-state index contributed by atoms with van der Waals surface area (Å²) in [6.07, 6.45) is 3.84. The van der Waals surface area contributed by atoms with Gasteiger partial charge in [-0.15, -0.1) is 11.8 Å². The van der Waals surface area contributed by atoms with Gasteiger partial charge < -0.3 is 5.32 Å². The Morgan fingerprint density at radius 1 is 1.22 bits per heavy atom. The maximum absolute atomic E-state index is 6.00. The smallest absolute Gasteiger partial charge is 0.0603 e. The van der Waals surface area contributed by atoms with Crippen molar-refractivity contribution < 1.29 is 0 Å². The molecule has 0 amide bonds. The number of hydrogen-bond donors (Lipinski definition) is 1. The van der Waals surface area contributed by atoms with E-state index in [0.29, 0.717) is 15.3 Å². The van der Waals surface area contributed by atoms with Gasteiger partial charge in [-0.2, -0.15) is 0 Å². The predicted octanol–water partition coefficient (Wildman–Crippen LogP) is 5.25. The van der Waals surface area contributed by atoms with Crippen LogP contribution in [0.5, 0.6) is 0 Å². The van der Waals surface area contributed by atoms with Crippen LogP contribution in [0, 0.1) is 0 Å². The Labute approximate surface area is 125 Å². The van der Waals surface area contributed by atoms with Crippen LogP contribution in [0.15, 0.2) is 23.1 Å². The van der Waals surface area contributed by atoms with Gasteiger partial charge in [0.25, 0.3) is 0 Å². The summed E-state index contributed by atoms with van der Waals surface area (Å²) < 4.78 is 0. The van der Waals surface area contributed by atoms with Crippen molar-refractivity contribution in [2.24, 2.45) is 0 Å². The molecule has 0 aliphatic heterocycles. The largest absolute Gasteiger partial charge is 0.316 e. The number of halogens is 2. The lowest BCUT2D eigenvalue weighted by atomic mass is 10.2. The van der Waals surface area contributed by atoms with Crippen LogP contribution < -0.4 is 5.32 Å². The fourth-order valence-corrected chi connectivity index (χ4v) is 2.99. The third-order valence-corrected chi connectivity index (χ3v) is 4.45. The molecule has 0 bridgehead atoms. The molecule has 1 unspecified atom stereocenters. The number of hydrogen-bond acceptors (Lipinski definition) is 2. The SMILES string of the molecule is CCCCCNCC(C)Sc1ccc(Cl)c(Cl)c1. The minimum atomic E-state index is 0.531. The first-order valence-electron chi connectivity index (χ1n) is 6.46. The molecule has 18 heavy (non-hydrogen) atoms. The van der Waals surface area contributed by atoms with Crippen LogP contribution in [-0.4, -0.2) is 18.3 Å². The summed E-state index contributed by atoms with van der Waals surface area (Å²) in [5.74, 6) is 0. The Kier molecular flexibility index (Phi) is 8.16. The number of benzene rings is 1. The Morgan fingerprint density at radius 2 is 2.00 bits per heavy atom. The molecule has 1 nitrogen and oxygen atoms in total. The first-order chi connectivity index (χ1) is 8.63. The van der Waals surface area contributed by atoms with Crippen molar-refractivity contribution in [3.63, 3.8) is 0 Å². The number of thioether (sulfide) groups is 1. The van der Waals surface area contributed by atoms with Gasteiger partial charge in [0.05, 0.1) is 10.0 Å². The first-order valence-corrected chi connectivity index (χ1v) is 8.09. The van der Waals surface area contributed by atoms with Crippen molar-refractivity contribution in [2.75, 3.05) is 13.1 Å². The highest BCUT2D eigenvalue weighted by atomic mass is 35.5. The van der Waals surface area contributed by atoms with Crippen LogP contribution in [0.4, 0.5) is 0 Å². The number of unbranched alkanes of at least 4 members (excludes halogenated alkanes) is 2. The third-order valence-electron chi connectivity index (χ3n) is 2.62. The quantitative estimate of drug-likeness (QED) is 0.520. The maximum atomic E-state index is 6.00. The van der Waals surface area contributed by atoms with Gasteiger partial charge >= 0.3 is 0 Å². The van der Waals surface area contributed by atoms with E-state index in [1.165, 1.54) is 24.2 Å². The molecule has 0 saturated carbocycles. The molecule has 1 aromatic rings. The summed E-state index contributed by atoms with van der Waals surface area (Å²) in [4.78, 5) is 1.17. The highest BCUT2D eigenvalue weighted by Crippen LogP contribution is 2.29. The molecule has 0 fully saturated rings. The van der Waals surface area contributed by atoms with Crippen LogP contribution in [0.2, 0.25) is 10.0 Å². The van der Waals surface area contributed by atoms with Gasteiger partial charge in [0.1, 0.15) is 0 Å². The summed E-state index contributed by atoms with van der Waals surface area (Å²) in [6.45, 7) is 6.58. The van der Waals surface area contributed by atoms with Crippen molar-refractivity contribution in [2.45, 2.75) is 43.3 Å². The molecule has 0 spiro atoms. The Hall–Kier alpha value is 0.110. The average molecular weight is 306 g/mol. The molecule has 0 heterocycles. The highest BCUT2D eigenvalue weighted by molar-refractivity contribution is 8.00. The average Bonchev–Trinajstić information content (AvgIpc) is 2.34. The molecule has 0 aliphatic rings. The van der Waals surface area contributed by atoms with E-state index in [0.717, 1.165) is 13.1 Å². The predicted molar refractivity (Wildman–Crippen MR) is 84.2 cm³/mol. The monoisotopic (exact) mass is 305 g/mol. The van der Waals surface area contributed by atoms with Gasteiger partial charge in [-0.05, 0) is 31.2 Å². The maximum Gasteiger partial charge on any atom is 0.0603 e. The van der Waals surface area contributed by atoms with E-state index < -0.39 is 0 Å². The number of nitrogens with one attached hydrogen (secondary N) is 1. The van der Waals surface area contributed by atoms with Gasteiger partial charge in [-0.3, -0.25) is 0 Å². The first kappa shape index (κ1) is 16.2. The zero-order valence-corrected chi connectivity index (χ0v) is 13.3. The number of rotatable bonds is 8. The molecule has 4 heteroatoms. The summed E-state index contributed by atoms with van der Waals surface area (Å²) in [6, 6.07) is 5.81. The van der Waals surface area contributed by atoms with Crippen LogP contribution in [-0.2, 0) is 0 Å². The fourth-order valence-electron chi connectivity index (χ4n) is 1.63. The molecule has 1 atom stereocenters. The van der Waals surface area contributed by atoms with E-state index in [2.05, 4.69) is 19.2 Å². The summed E-state index contributed by atoms with van der Waals surface area (Å²) in [7, 11) is 0. The second-order valence-corrected chi connectivity index (χ2v) is 6.74. The molecular weight excluding hydrogens is 285 g/mol. The lowest BCUT2D eigenvalue weighted by molar-refractivity contribution is 0.616. The Balaban J connectivity index is 2.26. The molecule has 0 aliphatic carbocycles. The summed E-state index contributed by atoms with van der Waals surface area (Å²) in [5.41, 5.74) is 0. The van der Waals surface area contributed by atoms with Gasteiger partial charge in [0.2, 0.25) is 0 Å². The molecule has 0 aromatic heterocycles. The highest BCUT2D eigenvalue weighted by Gasteiger charge is 2.06. The lowest BCUT2D eigenvalue weighted by Crippen LogP contribution is -2.23. The van der Waals surface area contributed by atoms with Crippen molar-refractivity contribution in [1.29, 1.82) is 0 Å². The van der Waals surface area contributed by atoms with E-state index in [1.54, 1.807) is 0 Å². The van der Waals surface area contributed by atoms with Crippen molar-refractivity contribution in [3.8, 4) is 0 Å². The normalized spacial score (nSPS) is 12.7. The molecule has 1 aromatic carbocycles. The van der Waals surface area contributed by atoms with Crippen LogP contribution >= 0.6 is 35.0 Å². The van der Waals surface area contributed by atoms with Gasteiger partial charge in [0.15, 0.2) is 0 Å². The Bertz CT molecular complexity index is 358. The molecule has 102 valence electrons. The lowest BCUT2D eigenvalue weighted by Gasteiger charge is -2.12. The zero-order valence-electron chi connectivity index (χ0n) is 11.0. The van der Waals surface area contributed by atoms with Gasteiger partial charge in [-0.1, -0.05) is 49.9 Å². The van der Waals surface area contributed by atoms with Crippen molar-refractivity contribution in [1.82, 2.24) is 5.32 Å². The van der Waals surface area contributed by atoms with Crippen LogP contribution in [0.25, 0.3) is 0 Å². The molecule has 1 rings (SSSR count). The minimum Gasteiger partial charge on any atom is -0.316 e. The molecule has 0 saturated heterocycles. The standard InChI is InChI=1S/C14H21Cl2NS/c1-3-4-5-8-17-10-11(2)18-12-6-7-13(15)14(16)9-12/h6-7,9,11,17H,3-5,8,10H2,1-2H3. The van der Waals surface area contributed by atoms with Crippen LogP contribution in [0.3, 0.4) is 0 Å². The second-order valence-electron chi connectivity index (χ2n) is 4.42. The van der Waals surface area contributed by atoms with Gasteiger partial charge in [-0.25, -0.2) is 0 Å². The fraction of sp³-hybridized carbons (Fsp3) is 0.571. The third kappa shape index (κ3) is 6.33. The summed E-state index contributed by atoms with van der Waals surface area (Å²) >= 11 is 13.7. The minimum absolute atomic E-state index is 0.531. The second kappa shape index (κ2) is 9.08.